The van der Waals surface area contributed by atoms with E-state index < -0.39 is 45.0 Å². The van der Waals surface area contributed by atoms with Crippen molar-refractivity contribution >= 4 is 85.3 Å². The van der Waals surface area contributed by atoms with Crippen LogP contribution in [0, 0.1) is 0 Å². The van der Waals surface area contributed by atoms with Gasteiger partial charge in [-0.2, -0.15) is 25.3 Å². The van der Waals surface area contributed by atoms with Crippen molar-refractivity contribution in [3.63, 3.8) is 0 Å². The molecule has 0 unspecified atom stereocenters. The van der Waals surface area contributed by atoms with Crippen molar-refractivity contribution in [2.75, 3.05) is 0 Å². The van der Waals surface area contributed by atoms with Gasteiger partial charge < -0.3 is 29.9 Å². The van der Waals surface area contributed by atoms with E-state index in [0.29, 0.717) is 16.5 Å². The Balaban J connectivity index is 0.00000476. The maximum Gasteiger partial charge on any atom is 2.00 e. The Morgan fingerprint density at radius 3 is 1.28 bits per heavy atom. The van der Waals surface area contributed by atoms with Crippen LogP contribution in [0.5, 0.6) is 0 Å². The summed E-state index contributed by atoms with van der Waals surface area (Å²) < 4.78 is 104. The fraction of sp³-hybridized carbons (Fsp3) is 0.100. The third-order valence-electron chi connectivity index (χ3n) is 10.3. The summed E-state index contributed by atoms with van der Waals surface area (Å²) >= 11 is 0. The van der Waals surface area contributed by atoms with E-state index in [0.717, 1.165) is 34.5 Å². The number of nitrogens with zero attached hydrogens (tertiary/aromatic N) is 8. The number of hydrogen-bond donors (Lipinski definition) is 3. The third-order valence-corrected chi connectivity index (χ3v) is 12.9. The Kier molecular flexibility index (Phi) is 8.98. The Morgan fingerprint density at radius 1 is 0.426 bits per heavy atom. The number of aromatic nitrogens is 8. The van der Waals surface area contributed by atoms with Crippen LogP contribution in [0.4, 0.5) is 0 Å². The minimum Gasteiger partial charge on any atom is -0.357 e. The zero-order valence-electron chi connectivity index (χ0n) is 31.9. The van der Waals surface area contributed by atoms with E-state index in [2.05, 4.69) is 51.8 Å². The Hall–Kier alpha value is -5.93. The first-order chi connectivity index (χ1) is 28.2. The standard InChI is InChI=1S/C40H26N8O9S3.Zn/c1-40(2,3)20-5-4-18-13-27-28(14-19(18)12-20)36-47-35(27)41-32-24-9-6-21(58(49,50)51)15-29(24)37(42-32)43-33-25-10-7-22(59(52,53)54)16-30(25)38(44-33)45-34-26-11-8-23(60(55,56)57)17-31(26)39(46-34)48-36;/h4-17H,1-3H3,(H3-2,41,42,43,44,45,46,47,48,49,50,51,52,53,54,55,56,57);/q-2;+2. The van der Waals surface area contributed by atoms with Gasteiger partial charge in [0.2, 0.25) is 0 Å². The van der Waals surface area contributed by atoms with Crippen LogP contribution in [0.1, 0.15) is 26.3 Å². The predicted octanol–water partition coefficient (Wildman–Crippen LogP) is 6.32. The van der Waals surface area contributed by atoms with Gasteiger partial charge in [0.15, 0.2) is 0 Å². The minimum atomic E-state index is -4.72. The molecule has 0 aliphatic carbocycles. The van der Waals surface area contributed by atoms with Gasteiger partial charge >= 0.3 is 19.5 Å². The van der Waals surface area contributed by atoms with Gasteiger partial charge in [-0.05, 0) is 91.8 Å². The Morgan fingerprint density at radius 2 is 0.820 bits per heavy atom. The van der Waals surface area contributed by atoms with Crippen molar-refractivity contribution in [2.45, 2.75) is 40.9 Å². The molecule has 0 atom stereocenters. The summed E-state index contributed by atoms with van der Waals surface area (Å²) in [6, 6.07) is 21.1. The fourth-order valence-electron chi connectivity index (χ4n) is 7.29. The van der Waals surface area contributed by atoms with Crippen LogP contribution in [0.3, 0.4) is 0 Å². The van der Waals surface area contributed by atoms with Crippen LogP contribution < -0.4 is 9.97 Å². The average molecular weight is 924 g/mol. The van der Waals surface area contributed by atoms with Crippen molar-refractivity contribution in [3.8, 4) is 45.6 Å². The summed E-state index contributed by atoms with van der Waals surface area (Å²) in [5.41, 5.74) is 2.28. The van der Waals surface area contributed by atoms with Crippen LogP contribution in [-0.4, -0.2) is 68.8 Å². The first-order valence-electron chi connectivity index (χ1n) is 17.8. The quantitative estimate of drug-likeness (QED) is 0.129. The largest absolute Gasteiger partial charge is 2.00 e. The van der Waals surface area contributed by atoms with Crippen LogP contribution in [0.25, 0.3) is 100 Å². The van der Waals surface area contributed by atoms with Gasteiger partial charge in [0.25, 0.3) is 30.4 Å². The van der Waals surface area contributed by atoms with Gasteiger partial charge in [0.1, 0.15) is 0 Å². The molecule has 61 heavy (non-hydrogen) atoms. The molecule has 8 aromatic rings. The van der Waals surface area contributed by atoms with Gasteiger partial charge in [0.05, 0.1) is 38.0 Å². The van der Waals surface area contributed by atoms with Gasteiger partial charge in [-0.1, -0.05) is 57.2 Å². The van der Waals surface area contributed by atoms with Crippen LogP contribution >= 0.6 is 0 Å². The van der Waals surface area contributed by atoms with E-state index >= 15 is 0 Å². The van der Waals surface area contributed by atoms with E-state index in [1.807, 2.05) is 24.3 Å². The van der Waals surface area contributed by atoms with Crippen molar-refractivity contribution in [2.24, 2.45) is 0 Å². The summed E-state index contributed by atoms with van der Waals surface area (Å²) in [5, 5.41) is 2.67. The van der Waals surface area contributed by atoms with Crippen molar-refractivity contribution in [3.05, 3.63) is 90.5 Å². The second kappa shape index (κ2) is 13.5. The fourth-order valence-corrected chi connectivity index (χ4v) is 8.81. The molecule has 17 nitrogen and oxygen atoms in total. The zero-order valence-corrected chi connectivity index (χ0v) is 37.3. The molecule has 3 N–H and O–H groups in total. The zero-order chi connectivity index (χ0) is 42.3. The molecule has 21 heteroatoms. The Bertz CT molecular complexity index is 3810. The number of benzene rings is 5. The molecule has 5 heterocycles. The number of fused-ring (bicyclic) bond motifs is 21. The molecule has 0 fully saturated rings. The van der Waals surface area contributed by atoms with Crippen LogP contribution in [0.2, 0.25) is 0 Å². The molecule has 0 amide bonds. The topological polar surface area (TPSA) is 269 Å². The average Bonchev–Trinajstić information content (AvgIpc) is 3.90. The van der Waals surface area contributed by atoms with Gasteiger partial charge in [0, 0.05) is 44.8 Å². The summed E-state index contributed by atoms with van der Waals surface area (Å²) in [7, 11) is -14.1. The summed E-state index contributed by atoms with van der Waals surface area (Å²) in [5.74, 6) is 0.133. The molecule has 10 rings (SSSR count). The predicted molar refractivity (Wildman–Crippen MR) is 220 cm³/mol. The van der Waals surface area contributed by atoms with Crippen molar-refractivity contribution < 1.29 is 58.4 Å². The number of hydrogen-bond acceptors (Lipinski definition) is 12. The molecule has 0 saturated carbocycles. The van der Waals surface area contributed by atoms with Gasteiger partial charge in [-0.25, -0.2) is 9.97 Å². The number of rotatable bonds is 3. The first kappa shape index (κ1) is 40.5. The van der Waals surface area contributed by atoms with Crippen LogP contribution in [0.15, 0.2) is 99.6 Å². The molecule has 2 aliphatic rings. The normalized spacial score (nSPS) is 13.0. The van der Waals surface area contributed by atoms with Gasteiger partial charge in [-0.3, -0.25) is 13.7 Å². The monoisotopic (exact) mass is 922 g/mol. The summed E-state index contributed by atoms with van der Waals surface area (Å²) in [6.45, 7) is 6.29. The molecule has 0 saturated heterocycles. The van der Waals surface area contributed by atoms with Crippen molar-refractivity contribution in [1.82, 2.24) is 39.9 Å². The van der Waals surface area contributed by atoms with E-state index in [4.69, 9.17) is 15.0 Å². The summed E-state index contributed by atoms with van der Waals surface area (Å²) in [6.07, 6.45) is 0. The van der Waals surface area contributed by atoms with E-state index in [-0.39, 0.29) is 98.1 Å². The molecular weight excluding hydrogens is 898 g/mol. The van der Waals surface area contributed by atoms with Crippen LogP contribution in [-0.2, 0) is 55.2 Å². The maximum atomic E-state index is 12.3. The smallest absolute Gasteiger partial charge is 0.357 e. The molecule has 0 radical (unpaired) electrons. The maximum absolute atomic E-state index is 12.3. The molecule has 3 aromatic heterocycles. The molecule has 2 aliphatic heterocycles. The third kappa shape index (κ3) is 6.87. The molecular formula is C40H26N8O9S3Zn. The van der Waals surface area contributed by atoms with E-state index in [1.54, 1.807) is 0 Å². The van der Waals surface area contributed by atoms with Gasteiger partial charge in [-0.15, -0.1) is 0 Å². The van der Waals surface area contributed by atoms with E-state index in [9.17, 15) is 38.9 Å². The Labute approximate surface area is 358 Å². The molecule has 8 bridgehead atoms. The molecule has 5 aromatic carbocycles. The minimum absolute atomic E-state index is 0. The molecule has 300 valence electrons. The summed E-state index contributed by atoms with van der Waals surface area (Å²) in [4.78, 5) is 36.5. The van der Waals surface area contributed by atoms with Crippen molar-refractivity contribution in [1.29, 1.82) is 0 Å². The first-order valence-corrected chi connectivity index (χ1v) is 22.2. The SMILES string of the molecule is CC(C)(C)c1ccc2cc3c(cc2c1)-c1nc-3nc2[n-]c(nc3nc(nc4[n-]c(n1)c1cc(S(=O)(=O)O)ccc41)-c1cc(S(=O)(=O)O)ccc1-3)c1cc(S(=O)(=O)O)ccc21.[Zn+2]. The van der Waals surface area contributed by atoms with E-state index in [1.165, 1.54) is 36.4 Å². The molecule has 0 spiro atoms. The second-order valence-corrected chi connectivity index (χ2v) is 19.5. The second-order valence-electron chi connectivity index (χ2n) is 15.2.